The van der Waals surface area contributed by atoms with E-state index in [1.165, 1.54) is 12.5 Å². The van der Waals surface area contributed by atoms with E-state index in [1.807, 2.05) is 6.92 Å². The third-order valence-electron chi connectivity index (χ3n) is 4.63. The highest BCUT2D eigenvalue weighted by atomic mass is 19.1. The molecule has 1 unspecified atom stereocenters. The van der Waals surface area contributed by atoms with Gasteiger partial charge in [-0.2, -0.15) is 0 Å². The topological polar surface area (TPSA) is 21.3 Å². The standard InChI is InChI=1S/C17H25F2NO/c1-3-20-16(17(21-2)9-5-4-6-10-17)11-13-7-8-14(18)12-15(13)19/h7-8,12,16,20H,3-6,9-11H2,1-2H3. The van der Waals surface area contributed by atoms with Gasteiger partial charge < -0.3 is 10.1 Å². The van der Waals surface area contributed by atoms with Gasteiger partial charge in [0.05, 0.1) is 5.60 Å². The fourth-order valence-electron chi connectivity index (χ4n) is 3.44. The van der Waals surface area contributed by atoms with Crippen LogP contribution in [-0.2, 0) is 11.2 Å². The number of benzene rings is 1. The van der Waals surface area contributed by atoms with Gasteiger partial charge >= 0.3 is 0 Å². The Morgan fingerprint density at radius 3 is 2.52 bits per heavy atom. The summed E-state index contributed by atoms with van der Waals surface area (Å²) < 4.78 is 32.9. The number of likely N-dealkylation sites (N-methyl/N-ethyl adjacent to an activating group) is 1. The maximum Gasteiger partial charge on any atom is 0.129 e. The van der Waals surface area contributed by atoms with Gasteiger partial charge in [-0.3, -0.25) is 0 Å². The van der Waals surface area contributed by atoms with Gasteiger partial charge in [-0.1, -0.05) is 32.3 Å². The van der Waals surface area contributed by atoms with E-state index in [0.717, 1.165) is 38.3 Å². The Kier molecular flexibility index (Phi) is 5.71. The highest BCUT2D eigenvalue weighted by molar-refractivity contribution is 5.21. The second-order valence-corrected chi connectivity index (χ2v) is 5.88. The summed E-state index contributed by atoms with van der Waals surface area (Å²) in [5.41, 5.74) is 0.305. The number of rotatable bonds is 6. The molecule has 118 valence electrons. The molecule has 0 spiro atoms. The van der Waals surface area contributed by atoms with Crippen LogP contribution in [0.15, 0.2) is 18.2 Å². The number of ether oxygens (including phenoxy) is 1. The maximum absolute atomic E-state index is 13.9. The summed E-state index contributed by atoms with van der Waals surface area (Å²) in [7, 11) is 1.75. The van der Waals surface area contributed by atoms with E-state index in [2.05, 4.69) is 5.32 Å². The molecule has 0 saturated heterocycles. The summed E-state index contributed by atoms with van der Waals surface area (Å²) in [6.07, 6.45) is 6.01. The summed E-state index contributed by atoms with van der Waals surface area (Å²) in [5, 5.41) is 3.45. The SMILES string of the molecule is CCNC(Cc1ccc(F)cc1F)C1(OC)CCCCC1. The second-order valence-electron chi connectivity index (χ2n) is 5.88. The van der Waals surface area contributed by atoms with E-state index in [4.69, 9.17) is 4.74 Å². The Labute approximate surface area is 125 Å². The molecule has 2 nitrogen and oxygen atoms in total. The number of halogens is 2. The zero-order valence-electron chi connectivity index (χ0n) is 12.9. The highest BCUT2D eigenvalue weighted by Gasteiger charge is 2.39. The predicted octanol–water partition coefficient (Wildman–Crippen LogP) is 3.83. The number of hydrogen-bond acceptors (Lipinski definition) is 2. The second kappa shape index (κ2) is 7.32. The maximum atomic E-state index is 13.9. The van der Waals surface area contributed by atoms with Crippen LogP contribution in [0.4, 0.5) is 8.78 Å². The van der Waals surface area contributed by atoms with Crippen molar-refractivity contribution in [1.82, 2.24) is 5.32 Å². The first-order valence-corrected chi connectivity index (χ1v) is 7.84. The van der Waals surface area contributed by atoms with Crippen LogP contribution in [0.2, 0.25) is 0 Å². The fourth-order valence-corrected chi connectivity index (χ4v) is 3.44. The molecule has 0 bridgehead atoms. The molecule has 0 aromatic heterocycles. The van der Waals surface area contributed by atoms with Gasteiger partial charge in [-0.05, 0) is 37.4 Å². The first-order chi connectivity index (χ1) is 10.1. The Morgan fingerprint density at radius 1 is 1.24 bits per heavy atom. The molecule has 21 heavy (non-hydrogen) atoms. The summed E-state index contributed by atoms with van der Waals surface area (Å²) in [4.78, 5) is 0. The molecule has 1 aliphatic carbocycles. The molecule has 1 aliphatic rings. The molecule has 1 aromatic carbocycles. The lowest BCUT2D eigenvalue weighted by atomic mass is 9.77. The van der Waals surface area contributed by atoms with Crippen molar-refractivity contribution in [2.45, 2.75) is 57.1 Å². The van der Waals surface area contributed by atoms with Gasteiger partial charge in [0.1, 0.15) is 11.6 Å². The van der Waals surface area contributed by atoms with Gasteiger partial charge in [-0.15, -0.1) is 0 Å². The molecule has 0 radical (unpaired) electrons. The van der Waals surface area contributed by atoms with Crippen molar-refractivity contribution in [2.24, 2.45) is 0 Å². The smallest absolute Gasteiger partial charge is 0.129 e. The highest BCUT2D eigenvalue weighted by Crippen LogP contribution is 2.35. The largest absolute Gasteiger partial charge is 0.377 e. The molecule has 0 amide bonds. The van der Waals surface area contributed by atoms with Crippen LogP contribution < -0.4 is 5.32 Å². The van der Waals surface area contributed by atoms with Crippen molar-refractivity contribution in [3.63, 3.8) is 0 Å². The Morgan fingerprint density at radius 2 is 1.95 bits per heavy atom. The van der Waals surface area contributed by atoms with Gasteiger partial charge in [0.25, 0.3) is 0 Å². The first kappa shape index (κ1) is 16.4. The lowest BCUT2D eigenvalue weighted by Gasteiger charge is -2.43. The van der Waals surface area contributed by atoms with Crippen LogP contribution >= 0.6 is 0 Å². The van der Waals surface area contributed by atoms with E-state index in [-0.39, 0.29) is 11.6 Å². The number of nitrogens with one attached hydrogen (secondary N) is 1. The van der Waals surface area contributed by atoms with Gasteiger partial charge in [0.2, 0.25) is 0 Å². The molecule has 0 heterocycles. The van der Waals surface area contributed by atoms with Crippen molar-refractivity contribution in [1.29, 1.82) is 0 Å². The number of methoxy groups -OCH3 is 1. The van der Waals surface area contributed by atoms with Gasteiger partial charge in [-0.25, -0.2) is 8.78 Å². The van der Waals surface area contributed by atoms with E-state index in [0.29, 0.717) is 12.0 Å². The molecule has 1 N–H and O–H groups in total. The third-order valence-corrected chi connectivity index (χ3v) is 4.63. The minimum absolute atomic E-state index is 0.0489. The number of hydrogen-bond donors (Lipinski definition) is 1. The summed E-state index contributed by atoms with van der Waals surface area (Å²) in [6, 6.07) is 3.87. The van der Waals surface area contributed by atoms with Crippen LogP contribution in [0.25, 0.3) is 0 Å². The van der Waals surface area contributed by atoms with Crippen LogP contribution in [0, 0.1) is 11.6 Å². The van der Waals surface area contributed by atoms with Crippen LogP contribution in [0.1, 0.15) is 44.6 Å². The first-order valence-electron chi connectivity index (χ1n) is 7.84. The Balaban J connectivity index is 2.21. The Hall–Kier alpha value is -1.00. The lowest BCUT2D eigenvalue weighted by molar-refractivity contribution is -0.0671. The van der Waals surface area contributed by atoms with E-state index in [1.54, 1.807) is 13.2 Å². The average Bonchev–Trinajstić information content (AvgIpc) is 2.50. The molecular formula is C17H25F2NO. The summed E-state index contributed by atoms with van der Waals surface area (Å²) >= 11 is 0. The molecule has 2 rings (SSSR count). The molecule has 4 heteroatoms. The third kappa shape index (κ3) is 3.80. The fraction of sp³-hybridized carbons (Fsp3) is 0.647. The Bertz CT molecular complexity index is 458. The minimum atomic E-state index is -0.532. The van der Waals surface area contributed by atoms with E-state index in [9.17, 15) is 8.78 Å². The van der Waals surface area contributed by atoms with Crippen LogP contribution in [0.5, 0.6) is 0 Å². The average molecular weight is 297 g/mol. The summed E-state index contributed by atoms with van der Waals surface area (Å²) in [5.74, 6) is -1.00. The van der Waals surface area contributed by atoms with Crippen molar-refractivity contribution in [3.8, 4) is 0 Å². The van der Waals surface area contributed by atoms with Gasteiger partial charge in [0.15, 0.2) is 0 Å². The molecule has 1 aromatic rings. The minimum Gasteiger partial charge on any atom is -0.377 e. The predicted molar refractivity (Wildman–Crippen MR) is 80.4 cm³/mol. The van der Waals surface area contributed by atoms with Crippen LogP contribution in [-0.4, -0.2) is 25.3 Å². The molecule has 0 aliphatic heterocycles. The zero-order chi connectivity index (χ0) is 15.3. The molecule has 1 saturated carbocycles. The molecular weight excluding hydrogens is 272 g/mol. The van der Waals surface area contributed by atoms with Crippen molar-refractivity contribution >= 4 is 0 Å². The van der Waals surface area contributed by atoms with Crippen LogP contribution in [0.3, 0.4) is 0 Å². The lowest BCUT2D eigenvalue weighted by Crippen LogP contribution is -2.54. The van der Waals surface area contributed by atoms with E-state index < -0.39 is 11.6 Å². The van der Waals surface area contributed by atoms with Crippen molar-refractivity contribution in [2.75, 3.05) is 13.7 Å². The molecule has 1 atom stereocenters. The summed E-state index contributed by atoms with van der Waals surface area (Å²) in [6.45, 7) is 2.85. The monoisotopic (exact) mass is 297 g/mol. The van der Waals surface area contributed by atoms with Crippen molar-refractivity contribution in [3.05, 3.63) is 35.4 Å². The molecule has 1 fully saturated rings. The van der Waals surface area contributed by atoms with Gasteiger partial charge in [0, 0.05) is 19.2 Å². The quantitative estimate of drug-likeness (QED) is 0.861. The zero-order valence-corrected chi connectivity index (χ0v) is 12.9. The van der Waals surface area contributed by atoms with Crippen molar-refractivity contribution < 1.29 is 13.5 Å². The normalized spacial score (nSPS) is 19.4. The van der Waals surface area contributed by atoms with E-state index >= 15 is 0 Å².